The number of carbonyl (C=O) groups excluding carboxylic acids is 2. The quantitative estimate of drug-likeness (QED) is 0.193. The van der Waals surface area contributed by atoms with Crippen molar-refractivity contribution in [2.24, 2.45) is 4.99 Å². The van der Waals surface area contributed by atoms with E-state index in [9.17, 15) is 19.1 Å². The molecule has 0 unspecified atom stereocenters. The van der Waals surface area contributed by atoms with Crippen molar-refractivity contribution in [1.82, 2.24) is 34.9 Å². The van der Waals surface area contributed by atoms with E-state index in [0.717, 1.165) is 5.56 Å². The van der Waals surface area contributed by atoms with E-state index in [1.807, 2.05) is 22.4 Å². The number of aliphatic hydroxyl groups is 1. The van der Waals surface area contributed by atoms with Crippen molar-refractivity contribution in [1.29, 1.82) is 0 Å². The van der Waals surface area contributed by atoms with Gasteiger partial charge in [0.1, 0.15) is 23.9 Å². The third-order valence-corrected chi connectivity index (χ3v) is 9.75. The number of rotatable bonds is 9. The molecule has 4 aromatic rings. The van der Waals surface area contributed by atoms with Gasteiger partial charge in [-0.15, -0.1) is 16.4 Å². The van der Waals surface area contributed by atoms with Gasteiger partial charge in [-0.25, -0.2) is 23.6 Å². The van der Waals surface area contributed by atoms with Crippen molar-refractivity contribution in [3.8, 4) is 0 Å². The third kappa shape index (κ3) is 6.51. The van der Waals surface area contributed by atoms with E-state index in [1.54, 1.807) is 34.2 Å². The van der Waals surface area contributed by atoms with Crippen LogP contribution in [0, 0.1) is 5.82 Å². The van der Waals surface area contributed by atoms with E-state index in [4.69, 9.17) is 21.3 Å². The Hall–Kier alpha value is -5.12. The molecular weight excluding hydrogens is 673 g/mol. The molecule has 7 rings (SSSR count). The summed E-state index contributed by atoms with van der Waals surface area (Å²) >= 11 is 7.88. The zero-order chi connectivity index (χ0) is 34.2. The number of aliphatic imine (C=N–C) groups is 1. The minimum Gasteiger partial charge on any atom is -0.508 e. The van der Waals surface area contributed by atoms with Gasteiger partial charge in [-0.3, -0.25) is 14.8 Å². The SMILES string of the molecule is C=C(O)c1ccc(Cn2cnc(N3C[C@@H]4CN(CC5=C(C(=O)OC)[C@H](c6ccc(F)cc6Cl)N=C(c6nccs6)N5)CCN4C3=O)n2)cc1. The smallest absolute Gasteiger partial charge is 0.338 e. The lowest BCUT2D eigenvalue weighted by Gasteiger charge is -2.38. The number of halogens is 2. The van der Waals surface area contributed by atoms with Crippen LogP contribution in [0.15, 0.2) is 83.2 Å². The fourth-order valence-electron chi connectivity index (χ4n) is 6.25. The van der Waals surface area contributed by atoms with Crippen LogP contribution in [-0.4, -0.2) is 98.4 Å². The number of hydrogen-bond donors (Lipinski definition) is 2. The number of piperazine rings is 1. The average molecular weight is 704 g/mol. The molecule has 2 saturated heterocycles. The van der Waals surface area contributed by atoms with E-state index in [-0.39, 0.29) is 28.4 Å². The largest absolute Gasteiger partial charge is 0.508 e. The molecule has 49 heavy (non-hydrogen) atoms. The summed E-state index contributed by atoms with van der Waals surface area (Å²) in [7, 11) is 1.30. The number of thiazole rings is 1. The maximum absolute atomic E-state index is 14.0. The van der Waals surface area contributed by atoms with E-state index in [1.165, 1.54) is 36.6 Å². The highest BCUT2D eigenvalue weighted by Gasteiger charge is 2.43. The molecule has 3 aliphatic rings. The summed E-state index contributed by atoms with van der Waals surface area (Å²) in [6.07, 6.45) is 3.25. The Labute approximate surface area is 289 Å². The first kappa shape index (κ1) is 32.4. The lowest BCUT2D eigenvalue weighted by molar-refractivity contribution is -0.136. The van der Waals surface area contributed by atoms with Gasteiger partial charge in [0, 0.05) is 59.6 Å². The van der Waals surface area contributed by atoms with Gasteiger partial charge >= 0.3 is 12.0 Å². The maximum atomic E-state index is 14.0. The second-order valence-electron chi connectivity index (χ2n) is 11.8. The van der Waals surface area contributed by atoms with Crippen LogP contribution >= 0.6 is 22.9 Å². The van der Waals surface area contributed by atoms with Gasteiger partial charge in [-0.1, -0.05) is 48.5 Å². The first-order chi connectivity index (χ1) is 23.7. The summed E-state index contributed by atoms with van der Waals surface area (Å²) in [5.41, 5.74) is 2.86. The molecule has 2 aromatic carbocycles. The second kappa shape index (κ2) is 13.4. The molecule has 2 fully saturated rings. The summed E-state index contributed by atoms with van der Waals surface area (Å²) in [5.74, 6) is -0.316. The minimum atomic E-state index is -0.867. The van der Waals surface area contributed by atoms with Gasteiger partial charge < -0.3 is 20.1 Å². The van der Waals surface area contributed by atoms with Crippen LogP contribution in [0.4, 0.5) is 15.1 Å². The molecule has 0 bridgehead atoms. The molecule has 252 valence electrons. The standard InChI is InChI=1S/C33H31ClFN9O4S/c1-19(45)21-5-3-20(4-6-21)14-42-18-37-32(40-42)44-16-23-15-41(10-11-43(23)33(44)47)17-26-27(31(46)48-2)28(24-8-7-22(35)13-25(24)34)39-29(38-26)30-36-9-12-49-30/h3-9,12-13,18,23,28,45H,1,10-11,14-17H2,2H3,(H,38,39)/t23-,28-/m0/s1. The number of nitrogens with zero attached hydrogens (tertiary/aromatic N) is 8. The predicted molar refractivity (Wildman–Crippen MR) is 182 cm³/mol. The average Bonchev–Trinajstić information content (AvgIpc) is 3.86. The molecule has 2 amide bonds. The molecule has 0 spiro atoms. The first-order valence-corrected chi connectivity index (χ1v) is 16.6. The Morgan fingerprint density at radius 3 is 2.69 bits per heavy atom. The molecule has 16 heteroatoms. The summed E-state index contributed by atoms with van der Waals surface area (Å²) in [6, 6.07) is 10.1. The number of amidine groups is 1. The zero-order valence-corrected chi connectivity index (χ0v) is 27.9. The summed E-state index contributed by atoms with van der Waals surface area (Å²) in [6.45, 7) is 6.22. The Morgan fingerprint density at radius 1 is 1.16 bits per heavy atom. The van der Waals surface area contributed by atoms with Crippen LogP contribution in [-0.2, 0) is 16.1 Å². The normalized spacial score (nSPS) is 19.5. The van der Waals surface area contributed by atoms with Crippen LogP contribution in [0.1, 0.15) is 27.7 Å². The highest BCUT2D eigenvalue weighted by Crippen LogP contribution is 2.37. The monoisotopic (exact) mass is 703 g/mol. The zero-order valence-electron chi connectivity index (χ0n) is 26.3. The summed E-state index contributed by atoms with van der Waals surface area (Å²) in [4.78, 5) is 46.0. The number of benzene rings is 2. The Bertz CT molecular complexity index is 1980. The number of urea groups is 1. The number of ether oxygens (including phenoxy) is 1. The van der Waals surface area contributed by atoms with Gasteiger partial charge in [0.25, 0.3) is 5.95 Å². The van der Waals surface area contributed by atoms with Crippen molar-refractivity contribution in [3.05, 3.63) is 111 Å². The van der Waals surface area contributed by atoms with Crippen molar-refractivity contribution in [2.75, 3.05) is 44.7 Å². The van der Waals surface area contributed by atoms with Gasteiger partial charge in [-0.2, -0.15) is 4.98 Å². The molecule has 5 heterocycles. The van der Waals surface area contributed by atoms with Gasteiger partial charge in [0.05, 0.1) is 31.8 Å². The molecule has 3 aliphatic heterocycles. The molecule has 2 N–H and O–H groups in total. The number of aromatic nitrogens is 4. The number of aliphatic hydroxyl groups excluding tert-OH is 1. The first-order valence-electron chi connectivity index (χ1n) is 15.4. The number of nitrogens with one attached hydrogen (secondary N) is 1. The van der Waals surface area contributed by atoms with E-state index in [2.05, 4.69) is 31.9 Å². The van der Waals surface area contributed by atoms with Crippen molar-refractivity contribution in [2.45, 2.75) is 18.6 Å². The van der Waals surface area contributed by atoms with Crippen molar-refractivity contribution >= 4 is 52.5 Å². The number of fused-ring (bicyclic) bond motifs is 1. The number of esters is 1. The second-order valence-corrected chi connectivity index (χ2v) is 13.1. The molecule has 13 nitrogen and oxygen atoms in total. The lowest BCUT2D eigenvalue weighted by atomic mass is 9.95. The number of amides is 2. The third-order valence-electron chi connectivity index (χ3n) is 8.64. The number of anilines is 1. The van der Waals surface area contributed by atoms with Gasteiger partial charge in [0.2, 0.25) is 0 Å². The Morgan fingerprint density at radius 2 is 1.98 bits per heavy atom. The van der Waals surface area contributed by atoms with E-state index >= 15 is 0 Å². The summed E-state index contributed by atoms with van der Waals surface area (Å²) < 4.78 is 20.9. The fraction of sp³-hybridized carbons (Fsp3) is 0.273. The Balaban J connectivity index is 1.10. The summed E-state index contributed by atoms with van der Waals surface area (Å²) in [5, 5.41) is 20.1. The molecule has 0 saturated carbocycles. The van der Waals surface area contributed by atoms with Crippen LogP contribution < -0.4 is 10.2 Å². The van der Waals surface area contributed by atoms with E-state index < -0.39 is 17.8 Å². The lowest BCUT2D eigenvalue weighted by Crippen LogP contribution is -2.53. The van der Waals surface area contributed by atoms with Crippen LogP contribution in [0.5, 0.6) is 0 Å². The molecule has 0 aliphatic carbocycles. The van der Waals surface area contributed by atoms with E-state index in [0.29, 0.717) is 72.9 Å². The van der Waals surface area contributed by atoms with Gasteiger partial charge in [-0.05, 0) is 17.7 Å². The van der Waals surface area contributed by atoms with Crippen molar-refractivity contribution < 1.29 is 23.8 Å². The number of methoxy groups -OCH3 is 1. The molecular formula is C33H31ClFN9O4S. The highest BCUT2D eigenvalue weighted by atomic mass is 35.5. The maximum Gasteiger partial charge on any atom is 0.338 e. The minimum absolute atomic E-state index is 0.00110. The molecule has 2 aromatic heterocycles. The molecule has 2 atom stereocenters. The Kier molecular flexibility index (Phi) is 8.88. The predicted octanol–water partition coefficient (Wildman–Crippen LogP) is 4.25. The van der Waals surface area contributed by atoms with Crippen molar-refractivity contribution in [3.63, 3.8) is 0 Å². The topological polar surface area (TPSA) is 141 Å². The fourth-order valence-corrected chi connectivity index (χ4v) is 7.11. The van der Waals surface area contributed by atoms with Gasteiger partial charge in [0.15, 0.2) is 10.8 Å². The van der Waals surface area contributed by atoms with Crippen LogP contribution in [0.2, 0.25) is 5.02 Å². The number of carbonyl (C=O) groups is 2. The molecule has 0 radical (unpaired) electrons. The van der Waals surface area contributed by atoms with Crippen LogP contribution in [0.25, 0.3) is 5.76 Å². The highest BCUT2D eigenvalue weighted by molar-refractivity contribution is 7.11. The van der Waals surface area contributed by atoms with Crippen LogP contribution in [0.3, 0.4) is 0 Å². The number of hydrogen-bond acceptors (Lipinski definition) is 11.